The molecule has 1 aliphatic carbocycles. The lowest BCUT2D eigenvalue weighted by Crippen LogP contribution is -2.45. The Bertz CT molecular complexity index is 598. The molecule has 1 amide bonds. The molecule has 3 N–H and O–H groups in total. The van der Waals surface area contributed by atoms with Crippen LogP contribution in [0.4, 0.5) is 0 Å². The first-order valence-electron chi connectivity index (χ1n) is 11.5. The molecule has 30 heavy (non-hydrogen) atoms. The van der Waals surface area contributed by atoms with E-state index in [9.17, 15) is 15.0 Å². The van der Waals surface area contributed by atoms with Crippen LogP contribution >= 0.6 is 0 Å². The van der Waals surface area contributed by atoms with Gasteiger partial charge in [-0.3, -0.25) is 4.79 Å². The zero-order valence-electron chi connectivity index (χ0n) is 19.1. The molecule has 0 unspecified atom stereocenters. The number of unbranched alkanes of at least 4 members (excludes halogenated alkanes) is 4. The van der Waals surface area contributed by atoms with E-state index in [1.165, 1.54) is 32.7 Å². The maximum atomic E-state index is 11.4. The number of likely N-dealkylation sites (N-methyl/N-ethyl adjacent to an activating group) is 1. The maximum Gasteiger partial charge on any atom is 0.279 e. The van der Waals surface area contributed by atoms with Crippen molar-refractivity contribution in [3.63, 3.8) is 0 Å². The van der Waals surface area contributed by atoms with Crippen molar-refractivity contribution in [2.45, 2.75) is 102 Å². The molecular formula is C24H41NO5. The van der Waals surface area contributed by atoms with E-state index >= 15 is 0 Å². The summed E-state index contributed by atoms with van der Waals surface area (Å²) in [6, 6.07) is 0. The average Bonchev–Trinajstić information content (AvgIpc) is 3.15. The molecule has 2 aliphatic rings. The summed E-state index contributed by atoms with van der Waals surface area (Å²) in [5.74, 6) is -2.85. The standard InChI is InChI=1S/C24H41NO5/c1-5-6-7-8-9-12-15-19-18(17-20-21(19)30-23(2,3)29-20)14-11-10-13-16-24(27,28)22(26)25-4/h10-12,15,18-21,27-28H,5-9,13-14,16-17H2,1-4H3,(H,25,26)/t18-,19+,20+,21-/m0/s1. The van der Waals surface area contributed by atoms with Crippen LogP contribution in [-0.4, -0.2) is 47.0 Å². The molecule has 1 aliphatic heterocycles. The van der Waals surface area contributed by atoms with Gasteiger partial charge in [0.15, 0.2) is 5.79 Å². The SMILES string of the molecule is CCCCCCC=C[C@@H]1[C@@H](CC=CCCC(O)(O)C(=O)NC)C[C@H]2OC(C)(C)O[C@@H]12. The minimum absolute atomic E-state index is 0.0272. The Balaban J connectivity index is 1.88. The third-order valence-corrected chi connectivity index (χ3v) is 6.12. The Labute approximate surface area is 181 Å². The van der Waals surface area contributed by atoms with Crippen molar-refractivity contribution in [3.05, 3.63) is 24.3 Å². The van der Waals surface area contributed by atoms with Crippen LogP contribution in [0.2, 0.25) is 0 Å². The van der Waals surface area contributed by atoms with Gasteiger partial charge in [-0.05, 0) is 51.9 Å². The minimum atomic E-state index is -2.32. The molecule has 2 rings (SSSR count). The number of hydrogen-bond donors (Lipinski definition) is 3. The summed E-state index contributed by atoms with van der Waals surface area (Å²) < 4.78 is 12.3. The van der Waals surface area contributed by atoms with Crippen LogP contribution < -0.4 is 5.32 Å². The molecule has 2 fully saturated rings. The van der Waals surface area contributed by atoms with Gasteiger partial charge in [-0.2, -0.15) is 0 Å². The molecule has 6 heteroatoms. The van der Waals surface area contributed by atoms with Gasteiger partial charge in [-0.15, -0.1) is 0 Å². The van der Waals surface area contributed by atoms with Crippen LogP contribution in [0.3, 0.4) is 0 Å². The first-order chi connectivity index (χ1) is 14.2. The molecule has 0 aromatic heterocycles. The van der Waals surface area contributed by atoms with Gasteiger partial charge in [0, 0.05) is 19.4 Å². The number of ether oxygens (including phenoxy) is 2. The highest BCUT2D eigenvalue weighted by Crippen LogP contribution is 2.46. The van der Waals surface area contributed by atoms with E-state index in [2.05, 4.69) is 30.5 Å². The zero-order valence-corrected chi connectivity index (χ0v) is 19.1. The Morgan fingerprint density at radius 3 is 2.60 bits per heavy atom. The van der Waals surface area contributed by atoms with E-state index in [4.69, 9.17) is 9.47 Å². The Hall–Kier alpha value is -1.21. The average molecular weight is 424 g/mol. The molecule has 172 valence electrons. The fourth-order valence-electron chi connectivity index (χ4n) is 4.54. The van der Waals surface area contributed by atoms with E-state index in [-0.39, 0.29) is 18.6 Å². The molecule has 4 atom stereocenters. The summed E-state index contributed by atoms with van der Waals surface area (Å²) in [4.78, 5) is 11.4. The topological polar surface area (TPSA) is 88.0 Å². The lowest BCUT2D eigenvalue weighted by molar-refractivity contribution is -0.186. The van der Waals surface area contributed by atoms with Crippen molar-refractivity contribution in [1.29, 1.82) is 0 Å². The van der Waals surface area contributed by atoms with Crippen molar-refractivity contribution in [2.24, 2.45) is 11.8 Å². The lowest BCUT2D eigenvalue weighted by Gasteiger charge is -2.24. The van der Waals surface area contributed by atoms with E-state index in [1.54, 1.807) is 0 Å². The molecule has 0 radical (unpaired) electrons. The van der Waals surface area contributed by atoms with Gasteiger partial charge < -0.3 is 25.0 Å². The first-order valence-corrected chi connectivity index (χ1v) is 11.5. The second-order valence-electron chi connectivity index (χ2n) is 9.13. The van der Waals surface area contributed by atoms with Crippen molar-refractivity contribution >= 4 is 5.91 Å². The van der Waals surface area contributed by atoms with Gasteiger partial charge in [0.25, 0.3) is 5.91 Å². The van der Waals surface area contributed by atoms with Crippen LogP contribution in [0.15, 0.2) is 24.3 Å². The normalized spacial score (nSPS) is 28.5. The number of aliphatic hydroxyl groups is 2. The highest BCUT2D eigenvalue weighted by Gasteiger charge is 2.51. The third kappa shape index (κ3) is 7.19. The number of fused-ring (bicyclic) bond motifs is 1. The third-order valence-electron chi connectivity index (χ3n) is 6.12. The number of amides is 1. The Kier molecular flexibility index (Phi) is 9.54. The van der Waals surface area contributed by atoms with Crippen molar-refractivity contribution in [2.75, 3.05) is 7.05 Å². The molecule has 0 aromatic carbocycles. The van der Waals surface area contributed by atoms with Gasteiger partial charge in [0.2, 0.25) is 5.79 Å². The predicted octanol–water partition coefficient (Wildman–Crippen LogP) is 3.82. The molecule has 1 saturated heterocycles. The summed E-state index contributed by atoms with van der Waals surface area (Å²) in [6.07, 6.45) is 17.3. The van der Waals surface area contributed by atoms with Crippen molar-refractivity contribution < 1.29 is 24.5 Å². The second kappa shape index (κ2) is 11.4. The molecule has 0 bridgehead atoms. The van der Waals surface area contributed by atoms with E-state index in [0.717, 1.165) is 19.3 Å². The number of carbonyl (C=O) groups excluding carboxylic acids is 1. The van der Waals surface area contributed by atoms with Crippen LogP contribution in [0, 0.1) is 11.8 Å². The monoisotopic (exact) mass is 423 g/mol. The summed E-state index contributed by atoms with van der Waals surface area (Å²) in [7, 11) is 1.39. The van der Waals surface area contributed by atoms with Crippen LogP contribution in [0.5, 0.6) is 0 Å². The smallest absolute Gasteiger partial charge is 0.279 e. The maximum absolute atomic E-state index is 11.4. The summed E-state index contributed by atoms with van der Waals surface area (Å²) >= 11 is 0. The van der Waals surface area contributed by atoms with E-state index in [0.29, 0.717) is 18.3 Å². The van der Waals surface area contributed by atoms with Gasteiger partial charge in [-0.1, -0.05) is 50.5 Å². The second-order valence-corrected chi connectivity index (χ2v) is 9.13. The van der Waals surface area contributed by atoms with Gasteiger partial charge in [0.1, 0.15) is 0 Å². The van der Waals surface area contributed by atoms with E-state index < -0.39 is 17.5 Å². The van der Waals surface area contributed by atoms with Gasteiger partial charge in [-0.25, -0.2) is 0 Å². The quantitative estimate of drug-likeness (QED) is 0.252. The van der Waals surface area contributed by atoms with Crippen LogP contribution in [0.25, 0.3) is 0 Å². The minimum Gasteiger partial charge on any atom is -0.358 e. The van der Waals surface area contributed by atoms with Gasteiger partial charge in [0.05, 0.1) is 12.2 Å². The fraction of sp³-hybridized carbons (Fsp3) is 0.792. The number of hydrogen-bond acceptors (Lipinski definition) is 5. The number of allylic oxidation sites excluding steroid dienone is 3. The number of nitrogens with one attached hydrogen (secondary N) is 1. The largest absolute Gasteiger partial charge is 0.358 e. The Morgan fingerprint density at radius 1 is 1.13 bits per heavy atom. The van der Waals surface area contributed by atoms with Crippen molar-refractivity contribution in [3.8, 4) is 0 Å². The predicted molar refractivity (Wildman–Crippen MR) is 118 cm³/mol. The zero-order chi connectivity index (χ0) is 22.2. The van der Waals surface area contributed by atoms with Crippen LogP contribution in [-0.2, 0) is 14.3 Å². The molecule has 1 heterocycles. The highest BCUT2D eigenvalue weighted by molar-refractivity contribution is 5.82. The first kappa shape index (κ1) is 25.1. The summed E-state index contributed by atoms with van der Waals surface area (Å²) in [6.45, 7) is 6.19. The van der Waals surface area contributed by atoms with Gasteiger partial charge >= 0.3 is 0 Å². The summed E-state index contributed by atoms with van der Waals surface area (Å²) in [5, 5.41) is 21.7. The molecule has 6 nitrogen and oxygen atoms in total. The lowest BCUT2D eigenvalue weighted by atomic mass is 9.90. The number of rotatable bonds is 12. The highest BCUT2D eigenvalue weighted by atomic mass is 16.8. The fourth-order valence-corrected chi connectivity index (χ4v) is 4.54. The molecule has 1 saturated carbocycles. The Morgan fingerprint density at radius 2 is 1.90 bits per heavy atom. The molecule has 0 aromatic rings. The molecule has 0 spiro atoms. The van der Waals surface area contributed by atoms with Crippen molar-refractivity contribution in [1.82, 2.24) is 5.32 Å². The van der Waals surface area contributed by atoms with Crippen LogP contribution in [0.1, 0.15) is 78.6 Å². The number of carbonyl (C=O) groups is 1. The van der Waals surface area contributed by atoms with E-state index in [1.807, 2.05) is 19.9 Å². The molecular weight excluding hydrogens is 382 g/mol. The summed E-state index contributed by atoms with van der Waals surface area (Å²) in [5.41, 5.74) is 0.